The Morgan fingerprint density at radius 2 is 1.90 bits per heavy atom. The van der Waals surface area contributed by atoms with E-state index in [0.29, 0.717) is 5.41 Å². The highest BCUT2D eigenvalue weighted by atomic mass is 15.3. The molecule has 2 heterocycles. The minimum absolute atomic E-state index is 0.430. The number of rotatable bonds is 4. The Bertz CT molecular complexity index is 339. The van der Waals surface area contributed by atoms with E-state index in [9.17, 15) is 0 Å². The highest BCUT2D eigenvalue weighted by molar-refractivity contribution is 5.80. The van der Waals surface area contributed by atoms with Crippen LogP contribution < -0.4 is 5.32 Å². The van der Waals surface area contributed by atoms with Crippen molar-refractivity contribution in [3.8, 4) is 0 Å². The van der Waals surface area contributed by atoms with E-state index in [-0.39, 0.29) is 0 Å². The highest BCUT2D eigenvalue weighted by Gasteiger charge is 2.30. The van der Waals surface area contributed by atoms with Gasteiger partial charge in [0, 0.05) is 32.7 Å². The molecule has 0 spiro atoms. The fourth-order valence-electron chi connectivity index (χ4n) is 3.49. The van der Waals surface area contributed by atoms with Gasteiger partial charge in [-0.15, -0.1) is 0 Å². The van der Waals surface area contributed by atoms with Gasteiger partial charge in [-0.1, -0.05) is 20.8 Å². The molecule has 1 N–H and O–H groups in total. The Balaban J connectivity index is 1.72. The molecule has 0 aliphatic carbocycles. The topological polar surface area (TPSA) is 30.9 Å². The number of aliphatic imine (C=N–C) groups is 1. The average molecular weight is 294 g/mol. The molecular weight excluding hydrogens is 260 g/mol. The van der Waals surface area contributed by atoms with E-state index in [0.717, 1.165) is 31.6 Å². The lowest BCUT2D eigenvalue weighted by Crippen LogP contribution is -2.43. The summed E-state index contributed by atoms with van der Waals surface area (Å²) < 4.78 is 0. The van der Waals surface area contributed by atoms with Crippen LogP contribution in [0.25, 0.3) is 0 Å². The first kappa shape index (κ1) is 16.6. The van der Waals surface area contributed by atoms with Gasteiger partial charge >= 0.3 is 0 Å². The van der Waals surface area contributed by atoms with Crippen LogP contribution in [0.1, 0.15) is 52.9 Å². The Morgan fingerprint density at radius 3 is 2.52 bits per heavy atom. The predicted octanol–water partition coefficient (Wildman–Crippen LogP) is 2.56. The number of guanidine groups is 1. The number of nitrogens with zero attached hydrogens (tertiary/aromatic N) is 3. The summed E-state index contributed by atoms with van der Waals surface area (Å²) in [6, 6.07) is 0.751. The zero-order valence-corrected chi connectivity index (χ0v) is 14.5. The van der Waals surface area contributed by atoms with Gasteiger partial charge in [0.2, 0.25) is 0 Å². The van der Waals surface area contributed by atoms with Crippen molar-refractivity contribution in [3.05, 3.63) is 0 Å². The van der Waals surface area contributed by atoms with E-state index in [1.165, 1.54) is 45.2 Å². The summed E-state index contributed by atoms with van der Waals surface area (Å²) in [6.07, 6.45) is 6.54. The van der Waals surface area contributed by atoms with Gasteiger partial charge in [-0.3, -0.25) is 9.89 Å². The minimum Gasteiger partial charge on any atom is -0.356 e. The van der Waals surface area contributed by atoms with Gasteiger partial charge < -0.3 is 10.2 Å². The smallest absolute Gasteiger partial charge is 0.193 e. The van der Waals surface area contributed by atoms with Crippen LogP contribution in [-0.4, -0.2) is 61.6 Å². The molecule has 0 radical (unpaired) electrons. The van der Waals surface area contributed by atoms with Crippen LogP contribution >= 0.6 is 0 Å². The van der Waals surface area contributed by atoms with Crippen LogP contribution in [0.2, 0.25) is 0 Å². The zero-order valence-electron chi connectivity index (χ0n) is 14.5. The Hall–Kier alpha value is -0.770. The van der Waals surface area contributed by atoms with E-state index in [2.05, 4.69) is 40.9 Å². The van der Waals surface area contributed by atoms with E-state index in [1.807, 2.05) is 7.05 Å². The molecule has 4 nitrogen and oxygen atoms in total. The highest BCUT2D eigenvalue weighted by Crippen LogP contribution is 2.21. The molecule has 1 unspecified atom stereocenters. The molecule has 2 fully saturated rings. The van der Waals surface area contributed by atoms with Crippen LogP contribution in [0.15, 0.2) is 4.99 Å². The van der Waals surface area contributed by atoms with Crippen molar-refractivity contribution in [2.45, 2.75) is 58.9 Å². The van der Waals surface area contributed by atoms with Crippen LogP contribution in [-0.2, 0) is 0 Å². The first-order valence-corrected chi connectivity index (χ1v) is 8.69. The second-order valence-corrected chi connectivity index (χ2v) is 7.77. The molecule has 4 heteroatoms. The van der Waals surface area contributed by atoms with E-state index < -0.39 is 0 Å². The summed E-state index contributed by atoms with van der Waals surface area (Å²) in [5.74, 6) is 1.10. The van der Waals surface area contributed by atoms with Crippen LogP contribution in [0.3, 0.4) is 0 Å². The summed E-state index contributed by atoms with van der Waals surface area (Å²) in [4.78, 5) is 9.60. The predicted molar refractivity (Wildman–Crippen MR) is 90.8 cm³/mol. The summed E-state index contributed by atoms with van der Waals surface area (Å²) >= 11 is 0. The normalized spacial score (nSPS) is 24.9. The van der Waals surface area contributed by atoms with Gasteiger partial charge in [0.1, 0.15) is 0 Å². The first-order chi connectivity index (χ1) is 9.99. The van der Waals surface area contributed by atoms with Gasteiger partial charge in [0.15, 0.2) is 5.96 Å². The van der Waals surface area contributed by atoms with Gasteiger partial charge in [-0.05, 0) is 50.6 Å². The molecule has 2 saturated heterocycles. The fourth-order valence-corrected chi connectivity index (χ4v) is 3.49. The lowest BCUT2D eigenvalue weighted by atomic mass is 9.91. The summed E-state index contributed by atoms with van der Waals surface area (Å²) in [7, 11) is 1.91. The maximum Gasteiger partial charge on any atom is 0.193 e. The minimum atomic E-state index is 0.430. The first-order valence-electron chi connectivity index (χ1n) is 8.69. The maximum atomic E-state index is 4.48. The summed E-state index contributed by atoms with van der Waals surface area (Å²) in [6.45, 7) is 12.9. The molecular formula is C17H34N4. The lowest BCUT2D eigenvalue weighted by Gasteiger charge is -2.26. The van der Waals surface area contributed by atoms with Crippen molar-refractivity contribution < 1.29 is 0 Å². The molecule has 0 aromatic carbocycles. The third kappa shape index (κ3) is 5.17. The van der Waals surface area contributed by atoms with Crippen LogP contribution in [0.4, 0.5) is 0 Å². The van der Waals surface area contributed by atoms with Crippen LogP contribution in [0.5, 0.6) is 0 Å². The molecule has 0 bridgehead atoms. The molecule has 2 aliphatic heterocycles. The van der Waals surface area contributed by atoms with E-state index in [4.69, 9.17) is 0 Å². The standard InChI is InChI=1S/C17H34N4/c1-17(2,3)9-7-10-19-16(18-4)21-13-8-15(14-21)20-11-5-6-12-20/h15H,5-14H2,1-4H3,(H,18,19). The van der Waals surface area contributed by atoms with Crippen molar-refractivity contribution in [2.75, 3.05) is 39.8 Å². The van der Waals surface area contributed by atoms with Crippen molar-refractivity contribution in [3.63, 3.8) is 0 Å². The molecule has 0 saturated carbocycles. The molecule has 0 aromatic rings. The number of nitrogens with one attached hydrogen (secondary N) is 1. The van der Waals surface area contributed by atoms with Crippen molar-refractivity contribution >= 4 is 5.96 Å². The maximum absolute atomic E-state index is 4.48. The Kier molecular flexibility index (Phi) is 5.91. The van der Waals surface area contributed by atoms with E-state index in [1.54, 1.807) is 0 Å². The zero-order chi connectivity index (χ0) is 15.3. The molecule has 2 aliphatic rings. The van der Waals surface area contributed by atoms with Gasteiger partial charge in [-0.2, -0.15) is 0 Å². The number of hydrogen-bond donors (Lipinski definition) is 1. The molecule has 0 aromatic heterocycles. The van der Waals surface area contributed by atoms with Crippen molar-refractivity contribution in [1.82, 2.24) is 15.1 Å². The second kappa shape index (κ2) is 7.48. The molecule has 122 valence electrons. The van der Waals surface area contributed by atoms with Gasteiger partial charge in [0.05, 0.1) is 0 Å². The SMILES string of the molecule is CN=C(NCCCC(C)(C)C)N1CCC(N2CCCC2)C1. The average Bonchev–Trinajstić information content (AvgIpc) is 3.08. The van der Waals surface area contributed by atoms with Gasteiger partial charge in [0.25, 0.3) is 0 Å². The summed E-state index contributed by atoms with van der Waals surface area (Å²) in [5, 5.41) is 3.55. The monoisotopic (exact) mass is 294 g/mol. The quantitative estimate of drug-likeness (QED) is 0.491. The van der Waals surface area contributed by atoms with E-state index >= 15 is 0 Å². The largest absolute Gasteiger partial charge is 0.356 e. The number of likely N-dealkylation sites (tertiary alicyclic amines) is 2. The summed E-state index contributed by atoms with van der Waals surface area (Å²) in [5.41, 5.74) is 0.430. The fraction of sp³-hybridized carbons (Fsp3) is 0.941. The third-order valence-corrected chi connectivity index (χ3v) is 4.72. The van der Waals surface area contributed by atoms with Crippen molar-refractivity contribution in [2.24, 2.45) is 10.4 Å². The molecule has 21 heavy (non-hydrogen) atoms. The number of hydrogen-bond acceptors (Lipinski definition) is 2. The molecule has 1 atom stereocenters. The van der Waals surface area contributed by atoms with Crippen molar-refractivity contribution in [1.29, 1.82) is 0 Å². The lowest BCUT2D eigenvalue weighted by molar-refractivity contribution is 0.249. The Labute approximate surface area is 131 Å². The van der Waals surface area contributed by atoms with Gasteiger partial charge in [-0.25, -0.2) is 0 Å². The molecule has 0 amide bonds. The second-order valence-electron chi connectivity index (χ2n) is 7.77. The molecule has 2 rings (SSSR count). The Morgan fingerprint density at radius 1 is 1.19 bits per heavy atom. The third-order valence-electron chi connectivity index (χ3n) is 4.72. The van der Waals surface area contributed by atoms with Crippen LogP contribution in [0, 0.1) is 5.41 Å².